The Kier molecular flexibility index (Phi) is 5.09. The van der Waals surface area contributed by atoms with Gasteiger partial charge in [0.05, 0.1) is 6.54 Å². The summed E-state index contributed by atoms with van der Waals surface area (Å²) in [5.74, 6) is 1.06. The van der Waals surface area contributed by atoms with E-state index in [0.29, 0.717) is 35.4 Å². The number of rotatable bonds is 6. The van der Waals surface area contributed by atoms with Crippen molar-refractivity contribution in [1.29, 1.82) is 0 Å². The van der Waals surface area contributed by atoms with Crippen molar-refractivity contribution in [3.63, 3.8) is 0 Å². The SMILES string of the molecule is Cc1noc(CCNCC(=O)Nc2ccc(Cl)cc2)n1. The van der Waals surface area contributed by atoms with Crippen LogP contribution in [0.2, 0.25) is 5.02 Å². The van der Waals surface area contributed by atoms with Crippen LogP contribution in [0.5, 0.6) is 0 Å². The Bertz CT molecular complexity index is 568. The minimum atomic E-state index is -0.117. The molecule has 2 rings (SSSR count). The normalized spacial score (nSPS) is 10.5. The van der Waals surface area contributed by atoms with Gasteiger partial charge in [-0.2, -0.15) is 4.98 Å². The molecule has 0 atom stereocenters. The van der Waals surface area contributed by atoms with Crippen molar-refractivity contribution in [1.82, 2.24) is 15.5 Å². The number of benzene rings is 1. The first-order valence-corrected chi connectivity index (χ1v) is 6.56. The van der Waals surface area contributed by atoms with E-state index in [1.54, 1.807) is 31.2 Å². The molecule has 2 aromatic rings. The van der Waals surface area contributed by atoms with Gasteiger partial charge in [0, 0.05) is 23.7 Å². The van der Waals surface area contributed by atoms with Gasteiger partial charge in [0.15, 0.2) is 5.82 Å². The van der Waals surface area contributed by atoms with Gasteiger partial charge >= 0.3 is 0 Å². The molecule has 106 valence electrons. The van der Waals surface area contributed by atoms with E-state index < -0.39 is 0 Å². The number of nitrogens with zero attached hydrogens (tertiary/aromatic N) is 2. The molecule has 0 aliphatic carbocycles. The maximum Gasteiger partial charge on any atom is 0.238 e. The van der Waals surface area contributed by atoms with Gasteiger partial charge in [0.2, 0.25) is 11.8 Å². The van der Waals surface area contributed by atoms with Crippen LogP contribution < -0.4 is 10.6 Å². The molecule has 0 fully saturated rings. The predicted octanol–water partition coefficient (Wildman–Crippen LogP) is 1.80. The molecule has 0 radical (unpaired) electrons. The smallest absolute Gasteiger partial charge is 0.238 e. The third kappa shape index (κ3) is 4.64. The van der Waals surface area contributed by atoms with E-state index in [0.717, 1.165) is 0 Å². The molecule has 0 unspecified atom stereocenters. The van der Waals surface area contributed by atoms with Gasteiger partial charge < -0.3 is 15.2 Å². The number of anilines is 1. The molecule has 0 aliphatic heterocycles. The zero-order valence-electron chi connectivity index (χ0n) is 11.0. The van der Waals surface area contributed by atoms with Crippen molar-refractivity contribution in [3.8, 4) is 0 Å². The lowest BCUT2D eigenvalue weighted by Crippen LogP contribution is -2.29. The average Bonchev–Trinajstić information content (AvgIpc) is 2.83. The molecule has 6 nitrogen and oxygen atoms in total. The molecule has 0 saturated carbocycles. The quantitative estimate of drug-likeness (QED) is 0.794. The summed E-state index contributed by atoms with van der Waals surface area (Å²) in [4.78, 5) is 15.7. The Morgan fingerprint density at radius 1 is 1.35 bits per heavy atom. The Balaban J connectivity index is 1.66. The van der Waals surface area contributed by atoms with E-state index in [-0.39, 0.29) is 12.5 Å². The highest BCUT2D eigenvalue weighted by molar-refractivity contribution is 6.30. The van der Waals surface area contributed by atoms with Crippen molar-refractivity contribution < 1.29 is 9.32 Å². The molecule has 1 amide bonds. The fourth-order valence-corrected chi connectivity index (χ4v) is 1.70. The maximum atomic E-state index is 11.7. The van der Waals surface area contributed by atoms with Gasteiger partial charge in [-0.25, -0.2) is 0 Å². The predicted molar refractivity (Wildman–Crippen MR) is 75.7 cm³/mol. The van der Waals surface area contributed by atoms with Gasteiger partial charge in [-0.05, 0) is 31.2 Å². The molecule has 0 aliphatic rings. The number of nitrogens with one attached hydrogen (secondary N) is 2. The Hall–Kier alpha value is -1.92. The third-order valence-electron chi connectivity index (χ3n) is 2.50. The zero-order valence-corrected chi connectivity index (χ0v) is 11.8. The highest BCUT2D eigenvalue weighted by Gasteiger charge is 2.04. The van der Waals surface area contributed by atoms with E-state index in [1.807, 2.05) is 0 Å². The lowest BCUT2D eigenvalue weighted by Gasteiger charge is -2.06. The van der Waals surface area contributed by atoms with Crippen molar-refractivity contribution in [3.05, 3.63) is 41.0 Å². The van der Waals surface area contributed by atoms with Crippen LogP contribution in [0.3, 0.4) is 0 Å². The highest BCUT2D eigenvalue weighted by atomic mass is 35.5. The summed E-state index contributed by atoms with van der Waals surface area (Å²) in [6.45, 7) is 2.57. The van der Waals surface area contributed by atoms with Crippen LogP contribution in [-0.4, -0.2) is 29.1 Å². The summed E-state index contributed by atoms with van der Waals surface area (Å²) in [6, 6.07) is 6.95. The zero-order chi connectivity index (χ0) is 14.4. The number of carbonyl (C=O) groups is 1. The van der Waals surface area contributed by atoms with Crippen molar-refractivity contribution in [2.75, 3.05) is 18.4 Å². The van der Waals surface area contributed by atoms with E-state index in [4.69, 9.17) is 16.1 Å². The van der Waals surface area contributed by atoms with Gasteiger partial charge in [-0.15, -0.1) is 0 Å². The summed E-state index contributed by atoms with van der Waals surface area (Å²) in [5.41, 5.74) is 0.716. The lowest BCUT2D eigenvalue weighted by atomic mass is 10.3. The van der Waals surface area contributed by atoms with E-state index in [2.05, 4.69) is 20.8 Å². The fourth-order valence-electron chi connectivity index (χ4n) is 1.58. The molecular weight excluding hydrogens is 280 g/mol. The number of hydrogen-bond donors (Lipinski definition) is 2. The number of carbonyl (C=O) groups excluding carboxylic acids is 1. The van der Waals surface area contributed by atoms with Gasteiger partial charge in [0.1, 0.15) is 0 Å². The number of aryl methyl sites for hydroxylation is 1. The van der Waals surface area contributed by atoms with Gasteiger partial charge in [-0.3, -0.25) is 4.79 Å². The first-order valence-electron chi connectivity index (χ1n) is 6.19. The van der Waals surface area contributed by atoms with Gasteiger partial charge in [-0.1, -0.05) is 16.8 Å². The summed E-state index contributed by atoms with van der Waals surface area (Å²) in [5, 5.41) is 10.1. The second-order valence-electron chi connectivity index (χ2n) is 4.22. The van der Waals surface area contributed by atoms with Crippen molar-refractivity contribution in [2.24, 2.45) is 0 Å². The first kappa shape index (κ1) is 14.5. The first-order chi connectivity index (χ1) is 9.63. The molecule has 1 aromatic heterocycles. The van der Waals surface area contributed by atoms with Crippen LogP contribution in [0, 0.1) is 6.92 Å². The van der Waals surface area contributed by atoms with E-state index in [9.17, 15) is 4.79 Å². The molecule has 20 heavy (non-hydrogen) atoms. The van der Waals surface area contributed by atoms with Crippen LogP contribution in [0.25, 0.3) is 0 Å². The lowest BCUT2D eigenvalue weighted by molar-refractivity contribution is -0.115. The minimum Gasteiger partial charge on any atom is -0.339 e. The standard InChI is InChI=1S/C13H15ClN4O2/c1-9-16-13(20-18-9)6-7-15-8-12(19)17-11-4-2-10(14)3-5-11/h2-5,15H,6-8H2,1H3,(H,17,19). The summed E-state index contributed by atoms with van der Waals surface area (Å²) >= 11 is 5.77. The Morgan fingerprint density at radius 2 is 2.10 bits per heavy atom. The van der Waals surface area contributed by atoms with Crippen LogP contribution in [0.4, 0.5) is 5.69 Å². The third-order valence-corrected chi connectivity index (χ3v) is 2.75. The van der Waals surface area contributed by atoms with Gasteiger partial charge in [0.25, 0.3) is 0 Å². The number of amides is 1. The maximum absolute atomic E-state index is 11.7. The van der Waals surface area contributed by atoms with E-state index in [1.165, 1.54) is 0 Å². The summed E-state index contributed by atoms with van der Waals surface area (Å²) in [6.07, 6.45) is 0.592. The number of aromatic nitrogens is 2. The van der Waals surface area contributed by atoms with Crippen LogP contribution in [0.1, 0.15) is 11.7 Å². The molecule has 7 heteroatoms. The van der Waals surface area contributed by atoms with E-state index >= 15 is 0 Å². The monoisotopic (exact) mass is 294 g/mol. The molecule has 1 heterocycles. The van der Waals surface area contributed by atoms with Crippen molar-refractivity contribution >= 4 is 23.2 Å². The topological polar surface area (TPSA) is 80.0 Å². The van der Waals surface area contributed by atoms with Crippen LogP contribution in [0.15, 0.2) is 28.8 Å². The number of hydrogen-bond acceptors (Lipinski definition) is 5. The highest BCUT2D eigenvalue weighted by Crippen LogP contribution is 2.12. The second kappa shape index (κ2) is 7.02. The molecule has 0 saturated heterocycles. The second-order valence-corrected chi connectivity index (χ2v) is 4.65. The molecule has 1 aromatic carbocycles. The molecule has 2 N–H and O–H groups in total. The Morgan fingerprint density at radius 3 is 2.75 bits per heavy atom. The average molecular weight is 295 g/mol. The fraction of sp³-hybridized carbons (Fsp3) is 0.308. The Labute approximate surface area is 121 Å². The number of halogens is 1. The largest absolute Gasteiger partial charge is 0.339 e. The van der Waals surface area contributed by atoms with Crippen LogP contribution >= 0.6 is 11.6 Å². The molecule has 0 bridgehead atoms. The molecule has 0 spiro atoms. The molecular formula is C13H15ClN4O2. The summed E-state index contributed by atoms with van der Waals surface area (Å²) in [7, 11) is 0. The van der Waals surface area contributed by atoms with Crippen LogP contribution in [-0.2, 0) is 11.2 Å². The summed E-state index contributed by atoms with van der Waals surface area (Å²) < 4.78 is 4.96. The minimum absolute atomic E-state index is 0.117. The van der Waals surface area contributed by atoms with Crippen molar-refractivity contribution in [2.45, 2.75) is 13.3 Å².